The molecule has 4 heterocycles. The average molecular weight is 717 g/mol. The van der Waals surface area contributed by atoms with Crippen LogP contribution in [-0.2, 0) is 21.7 Å². The molecule has 0 saturated carbocycles. The fraction of sp³-hybridized carbons (Fsp3) is 0.351. The van der Waals surface area contributed by atoms with Gasteiger partial charge in [0.2, 0.25) is 5.79 Å². The number of nitrogens with zero attached hydrogens (tertiary/aromatic N) is 7. The molecule has 2 aliphatic heterocycles. The molecule has 13 heteroatoms. The first-order valence-electron chi connectivity index (χ1n) is 16.8. The molecule has 2 fully saturated rings. The van der Waals surface area contributed by atoms with Crippen LogP contribution in [0.4, 0.5) is 11.4 Å². The number of hydrogen-bond acceptors (Lipinski definition) is 9. The fourth-order valence-corrected chi connectivity index (χ4v) is 6.98. The third kappa shape index (κ3) is 7.22. The maximum atomic E-state index is 12.8. The number of ether oxygens (including phenoxy) is 3. The molecule has 0 radical (unpaired) electrons. The zero-order chi connectivity index (χ0) is 34.7. The lowest BCUT2D eigenvalue weighted by atomic mass is 9.98. The first-order valence-corrected chi connectivity index (χ1v) is 17.6. The SMILES string of the molecule is CCC(C)n1ncn(-c2ccc(N3CCN(c4ccc(OC[C@@H]5CO[C@@](Cc6ccnnc6)(c6ccc(Cl)cc6Cl)O5)cc4)CC3)cc2)c1=O. The van der Waals surface area contributed by atoms with Crippen molar-refractivity contribution in [2.45, 2.75) is 44.6 Å². The molecular formula is C37H39Cl2N7O4. The van der Waals surface area contributed by atoms with Crippen LogP contribution in [0.2, 0.25) is 10.0 Å². The van der Waals surface area contributed by atoms with Gasteiger partial charge in [0.1, 0.15) is 24.8 Å². The second kappa shape index (κ2) is 14.8. The van der Waals surface area contributed by atoms with E-state index in [4.69, 9.17) is 37.4 Å². The van der Waals surface area contributed by atoms with Crippen LogP contribution in [0.1, 0.15) is 37.4 Å². The smallest absolute Gasteiger partial charge is 0.350 e. The van der Waals surface area contributed by atoms with Crippen molar-refractivity contribution < 1.29 is 14.2 Å². The summed E-state index contributed by atoms with van der Waals surface area (Å²) in [6.45, 7) is 8.25. The van der Waals surface area contributed by atoms with E-state index >= 15 is 0 Å². The molecule has 0 spiro atoms. The quantitative estimate of drug-likeness (QED) is 0.156. The number of rotatable bonds is 11. The van der Waals surface area contributed by atoms with Crippen molar-refractivity contribution in [1.29, 1.82) is 0 Å². The molecule has 0 amide bonds. The summed E-state index contributed by atoms with van der Waals surface area (Å²) in [6.07, 6.45) is 5.87. The fourth-order valence-electron chi connectivity index (χ4n) is 6.42. The molecule has 0 N–H and O–H groups in total. The van der Waals surface area contributed by atoms with E-state index in [1.165, 1.54) is 0 Å². The summed E-state index contributed by atoms with van der Waals surface area (Å²) >= 11 is 12.8. The molecule has 2 aromatic heterocycles. The van der Waals surface area contributed by atoms with Gasteiger partial charge in [0.15, 0.2) is 0 Å². The monoisotopic (exact) mass is 715 g/mol. The number of benzene rings is 3. The summed E-state index contributed by atoms with van der Waals surface area (Å²) in [4.78, 5) is 17.6. The van der Waals surface area contributed by atoms with Gasteiger partial charge in [-0.3, -0.25) is 0 Å². The Balaban J connectivity index is 0.930. The van der Waals surface area contributed by atoms with Crippen LogP contribution < -0.4 is 20.2 Å². The van der Waals surface area contributed by atoms with Crippen LogP contribution in [-0.4, -0.2) is 70.0 Å². The van der Waals surface area contributed by atoms with Gasteiger partial charge >= 0.3 is 5.69 Å². The third-order valence-electron chi connectivity index (χ3n) is 9.40. The highest BCUT2D eigenvalue weighted by molar-refractivity contribution is 6.35. The summed E-state index contributed by atoms with van der Waals surface area (Å²) in [5.41, 5.74) is 4.58. The van der Waals surface area contributed by atoms with E-state index in [0.29, 0.717) is 35.2 Å². The van der Waals surface area contributed by atoms with E-state index in [1.807, 2.05) is 50.2 Å². The van der Waals surface area contributed by atoms with E-state index < -0.39 is 5.79 Å². The molecule has 0 bridgehead atoms. The van der Waals surface area contributed by atoms with Crippen molar-refractivity contribution >= 4 is 34.6 Å². The lowest BCUT2D eigenvalue weighted by Gasteiger charge is -2.37. The molecule has 260 valence electrons. The second-order valence-corrected chi connectivity index (χ2v) is 13.5. The largest absolute Gasteiger partial charge is 0.491 e. The van der Waals surface area contributed by atoms with Crippen LogP contribution in [0, 0.1) is 0 Å². The van der Waals surface area contributed by atoms with Crippen LogP contribution in [0.3, 0.4) is 0 Å². The summed E-state index contributed by atoms with van der Waals surface area (Å²) in [5.74, 6) is -0.353. The van der Waals surface area contributed by atoms with Gasteiger partial charge in [0, 0.05) is 60.8 Å². The molecule has 7 rings (SSSR count). The minimum absolute atomic E-state index is 0.0644. The van der Waals surface area contributed by atoms with Crippen LogP contribution in [0.25, 0.3) is 5.69 Å². The Morgan fingerprint density at radius 2 is 1.60 bits per heavy atom. The standard InChI is InChI=1S/C37H39Cl2N7O4/c1-3-26(2)46-36(47)45(25-42-46)31-7-5-29(6-8-31)43-16-18-44(19-17-43)30-9-11-32(12-10-30)48-23-33-24-49-37(50-33,21-27-14-15-40-41-22-27)34-13-4-28(38)20-35(34)39/h4-15,20,22,25-26,33H,3,16-19,21,23-24H2,1-2H3/t26?,33-,37-/m1/s1. The molecule has 1 unspecified atom stereocenters. The van der Waals surface area contributed by atoms with E-state index in [-0.39, 0.29) is 17.8 Å². The van der Waals surface area contributed by atoms with Crippen LogP contribution in [0.15, 0.2) is 96.3 Å². The Morgan fingerprint density at radius 1 is 0.920 bits per heavy atom. The average Bonchev–Trinajstić information content (AvgIpc) is 3.74. The van der Waals surface area contributed by atoms with Crippen molar-refractivity contribution in [2.75, 3.05) is 49.2 Å². The first kappa shape index (κ1) is 34.0. The Bertz CT molecular complexity index is 1950. The first-order chi connectivity index (χ1) is 24.3. The molecule has 50 heavy (non-hydrogen) atoms. The molecule has 0 aliphatic carbocycles. The van der Waals surface area contributed by atoms with E-state index in [1.54, 1.807) is 40.1 Å². The van der Waals surface area contributed by atoms with E-state index in [0.717, 1.165) is 61.0 Å². The van der Waals surface area contributed by atoms with Crippen molar-refractivity contribution in [1.82, 2.24) is 24.5 Å². The molecule has 3 aromatic carbocycles. The maximum Gasteiger partial charge on any atom is 0.350 e. The number of hydrogen-bond donors (Lipinski definition) is 0. The van der Waals surface area contributed by atoms with Gasteiger partial charge in [-0.25, -0.2) is 14.0 Å². The van der Waals surface area contributed by atoms with Crippen molar-refractivity contribution in [2.24, 2.45) is 0 Å². The summed E-state index contributed by atoms with van der Waals surface area (Å²) in [7, 11) is 0. The predicted molar refractivity (Wildman–Crippen MR) is 194 cm³/mol. The summed E-state index contributed by atoms with van der Waals surface area (Å²) in [6, 6.07) is 23.6. The lowest BCUT2D eigenvalue weighted by Crippen LogP contribution is -2.46. The Labute approximate surface area is 300 Å². The summed E-state index contributed by atoms with van der Waals surface area (Å²) < 4.78 is 22.2. The number of anilines is 2. The normalized spacial score (nSPS) is 19.9. The topological polar surface area (TPSA) is 99.8 Å². The van der Waals surface area contributed by atoms with Gasteiger partial charge in [-0.15, -0.1) is 0 Å². The highest BCUT2D eigenvalue weighted by atomic mass is 35.5. The van der Waals surface area contributed by atoms with Gasteiger partial charge in [0.25, 0.3) is 0 Å². The second-order valence-electron chi connectivity index (χ2n) is 12.6. The number of aromatic nitrogens is 5. The third-order valence-corrected chi connectivity index (χ3v) is 9.94. The Kier molecular flexibility index (Phi) is 10.1. The van der Waals surface area contributed by atoms with Gasteiger partial charge < -0.3 is 24.0 Å². The maximum absolute atomic E-state index is 12.8. The molecule has 2 aliphatic rings. The Morgan fingerprint density at radius 3 is 2.24 bits per heavy atom. The zero-order valence-electron chi connectivity index (χ0n) is 28.0. The highest BCUT2D eigenvalue weighted by Crippen LogP contribution is 2.41. The minimum atomic E-state index is -1.11. The molecule has 3 atom stereocenters. The lowest BCUT2D eigenvalue weighted by molar-refractivity contribution is -0.178. The molecule has 2 saturated heterocycles. The summed E-state index contributed by atoms with van der Waals surface area (Å²) in [5, 5.41) is 13.2. The van der Waals surface area contributed by atoms with Gasteiger partial charge in [-0.1, -0.05) is 36.2 Å². The van der Waals surface area contributed by atoms with Crippen LogP contribution >= 0.6 is 23.2 Å². The molecule has 5 aromatic rings. The number of halogens is 2. The van der Waals surface area contributed by atoms with Crippen molar-refractivity contribution in [3.63, 3.8) is 0 Å². The highest BCUT2D eigenvalue weighted by Gasteiger charge is 2.45. The van der Waals surface area contributed by atoms with E-state index in [2.05, 4.69) is 49.4 Å². The zero-order valence-corrected chi connectivity index (χ0v) is 29.5. The predicted octanol–water partition coefficient (Wildman–Crippen LogP) is 6.32. The van der Waals surface area contributed by atoms with E-state index in [9.17, 15) is 4.79 Å². The van der Waals surface area contributed by atoms with Crippen molar-refractivity contribution in [3.05, 3.63) is 123 Å². The van der Waals surface area contributed by atoms with Crippen LogP contribution in [0.5, 0.6) is 5.75 Å². The Hall–Kier alpha value is -4.42. The molecule has 11 nitrogen and oxygen atoms in total. The van der Waals surface area contributed by atoms with Gasteiger partial charge in [-0.05, 0) is 85.6 Å². The van der Waals surface area contributed by atoms with Gasteiger partial charge in [-0.2, -0.15) is 15.3 Å². The molecular weight excluding hydrogens is 677 g/mol. The van der Waals surface area contributed by atoms with Crippen molar-refractivity contribution in [3.8, 4) is 11.4 Å². The van der Waals surface area contributed by atoms with Gasteiger partial charge in [0.05, 0.1) is 29.6 Å². The minimum Gasteiger partial charge on any atom is -0.491 e. The number of piperazine rings is 1.